The zero-order valence-electron chi connectivity index (χ0n) is 11.0. The summed E-state index contributed by atoms with van der Waals surface area (Å²) in [5.41, 5.74) is 0.923. The molecule has 1 N–H and O–H groups in total. The highest BCUT2D eigenvalue weighted by atomic mass is 19.3. The Morgan fingerprint density at radius 1 is 1.35 bits per heavy atom. The third kappa shape index (κ3) is 3.62. The number of rotatable bonds is 6. The van der Waals surface area contributed by atoms with Crippen LogP contribution in [0.1, 0.15) is 29.2 Å². The molecule has 0 unspecified atom stereocenters. The van der Waals surface area contributed by atoms with Gasteiger partial charge in [0.2, 0.25) is 0 Å². The number of aromatic nitrogens is 4. The van der Waals surface area contributed by atoms with E-state index in [0.717, 1.165) is 11.9 Å². The van der Waals surface area contributed by atoms with E-state index in [9.17, 15) is 13.6 Å². The number of alkyl halides is 2. The van der Waals surface area contributed by atoms with E-state index >= 15 is 0 Å². The summed E-state index contributed by atoms with van der Waals surface area (Å²) in [6, 6.07) is 3.16. The first-order valence-corrected chi connectivity index (χ1v) is 6.18. The normalized spacial score (nSPS) is 11.0. The van der Waals surface area contributed by atoms with Gasteiger partial charge in [0.1, 0.15) is 5.69 Å². The largest absolute Gasteiger partial charge is 0.351 e. The van der Waals surface area contributed by atoms with Crippen LogP contribution in [0, 0.1) is 6.92 Å². The molecule has 2 heterocycles. The van der Waals surface area contributed by atoms with Crippen LogP contribution in [0.4, 0.5) is 8.78 Å². The lowest BCUT2D eigenvalue weighted by Gasteiger charge is -2.04. The van der Waals surface area contributed by atoms with Crippen LogP contribution in [-0.4, -0.2) is 32.0 Å². The maximum Gasteiger partial charge on any atom is 0.333 e. The van der Waals surface area contributed by atoms with Gasteiger partial charge in [-0.3, -0.25) is 9.48 Å². The standard InChI is InChI=1S/C12H15F2N5O/c1-9-3-7-18(16-9)6-2-5-15-11(20)10-4-8-19(17-10)12(13)14/h3-4,7-8,12H,2,5-6H2,1H3,(H,15,20). The highest BCUT2D eigenvalue weighted by Gasteiger charge is 2.12. The summed E-state index contributed by atoms with van der Waals surface area (Å²) in [6.07, 6.45) is 3.63. The van der Waals surface area contributed by atoms with Crippen molar-refractivity contribution in [3.63, 3.8) is 0 Å². The molecule has 0 aromatic carbocycles. The average Bonchev–Trinajstić information content (AvgIpc) is 3.03. The molecule has 0 atom stereocenters. The summed E-state index contributed by atoms with van der Waals surface area (Å²) in [5, 5.41) is 10.3. The molecule has 108 valence electrons. The van der Waals surface area contributed by atoms with Gasteiger partial charge in [-0.2, -0.15) is 19.0 Å². The summed E-state index contributed by atoms with van der Waals surface area (Å²) in [5.74, 6) is -0.457. The number of nitrogens with zero attached hydrogens (tertiary/aromatic N) is 4. The Balaban J connectivity index is 1.74. The van der Waals surface area contributed by atoms with Crippen molar-refractivity contribution in [3.8, 4) is 0 Å². The molecule has 0 spiro atoms. The van der Waals surface area contributed by atoms with Crippen LogP contribution in [0.3, 0.4) is 0 Å². The van der Waals surface area contributed by atoms with Gasteiger partial charge in [0.15, 0.2) is 0 Å². The minimum atomic E-state index is -2.74. The molecule has 0 aliphatic carbocycles. The van der Waals surface area contributed by atoms with E-state index in [1.165, 1.54) is 6.07 Å². The number of carbonyl (C=O) groups excluding carboxylic acids is 1. The van der Waals surface area contributed by atoms with Crippen LogP contribution in [0.5, 0.6) is 0 Å². The molecule has 0 aliphatic rings. The zero-order valence-corrected chi connectivity index (χ0v) is 11.0. The fourth-order valence-electron chi connectivity index (χ4n) is 1.69. The average molecular weight is 283 g/mol. The maximum absolute atomic E-state index is 12.3. The molecule has 6 nitrogen and oxygen atoms in total. The predicted octanol–water partition coefficient (Wildman–Crippen LogP) is 1.60. The smallest absolute Gasteiger partial charge is 0.333 e. The van der Waals surface area contributed by atoms with Crippen molar-refractivity contribution in [2.24, 2.45) is 0 Å². The van der Waals surface area contributed by atoms with Crippen molar-refractivity contribution in [3.05, 3.63) is 35.9 Å². The maximum atomic E-state index is 12.3. The molecular formula is C12H15F2N5O. The Bertz CT molecular complexity index is 578. The molecular weight excluding hydrogens is 268 g/mol. The molecule has 0 radical (unpaired) electrons. The van der Waals surface area contributed by atoms with Gasteiger partial charge in [0, 0.05) is 25.5 Å². The SMILES string of the molecule is Cc1ccn(CCCNC(=O)c2ccn(C(F)F)n2)n1. The molecule has 2 rings (SSSR count). The Hall–Kier alpha value is -2.25. The van der Waals surface area contributed by atoms with E-state index in [4.69, 9.17) is 0 Å². The van der Waals surface area contributed by atoms with E-state index < -0.39 is 12.5 Å². The Labute approximate surface area is 114 Å². The van der Waals surface area contributed by atoms with Crippen LogP contribution in [-0.2, 0) is 6.54 Å². The molecule has 0 aliphatic heterocycles. The molecule has 8 heteroatoms. The summed E-state index contributed by atoms with van der Waals surface area (Å²) >= 11 is 0. The summed E-state index contributed by atoms with van der Waals surface area (Å²) < 4.78 is 26.8. The number of halogens is 2. The van der Waals surface area contributed by atoms with Gasteiger partial charge in [-0.05, 0) is 25.5 Å². The van der Waals surface area contributed by atoms with Crippen LogP contribution >= 0.6 is 0 Å². The summed E-state index contributed by atoms with van der Waals surface area (Å²) in [7, 11) is 0. The van der Waals surface area contributed by atoms with Gasteiger partial charge in [-0.1, -0.05) is 0 Å². The van der Waals surface area contributed by atoms with Gasteiger partial charge in [0.05, 0.1) is 5.69 Å². The summed E-state index contributed by atoms with van der Waals surface area (Å²) in [4.78, 5) is 11.6. The lowest BCUT2D eigenvalue weighted by atomic mass is 10.3. The number of hydrogen-bond donors (Lipinski definition) is 1. The van der Waals surface area contributed by atoms with Crippen molar-refractivity contribution in [1.82, 2.24) is 24.9 Å². The molecule has 0 fully saturated rings. The van der Waals surface area contributed by atoms with Crippen molar-refractivity contribution in [2.45, 2.75) is 26.4 Å². The molecule has 2 aromatic rings. The van der Waals surface area contributed by atoms with Crippen molar-refractivity contribution in [1.29, 1.82) is 0 Å². The Morgan fingerprint density at radius 3 is 2.75 bits per heavy atom. The molecule has 1 amide bonds. The first kappa shape index (κ1) is 14.2. The summed E-state index contributed by atoms with van der Waals surface area (Å²) in [6.45, 7) is 0.274. The predicted molar refractivity (Wildman–Crippen MR) is 67.4 cm³/mol. The van der Waals surface area contributed by atoms with Gasteiger partial charge >= 0.3 is 6.55 Å². The Kier molecular flexibility index (Phi) is 4.44. The van der Waals surface area contributed by atoms with Crippen molar-refractivity contribution >= 4 is 5.91 Å². The first-order chi connectivity index (χ1) is 9.56. The minimum Gasteiger partial charge on any atom is -0.351 e. The second-order valence-electron chi connectivity index (χ2n) is 4.29. The van der Waals surface area contributed by atoms with E-state index in [1.807, 2.05) is 19.2 Å². The van der Waals surface area contributed by atoms with Gasteiger partial charge < -0.3 is 5.32 Å². The van der Waals surface area contributed by atoms with E-state index in [2.05, 4.69) is 15.5 Å². The third-order valence-electron chi connectivity index (χ3n) is 2.66. The third-order valence-corrected chi connectivity index (χ3v) is 2.66. The zero-order chi connectivity index (χ0) is 14.5. The van der Waals surface area contributed by atoms with Gasteiger partial charge in [-0.15, -0.1) is 0 Å². The second kappa shape index (κ2) is 6.27. The quantitative estimate of drug-likeness (QED) is 0.819. The fraction of sp³-hybridized carbons (Fsp3) is 0.417. The van der Waals surface area contributed by atoms with Gasteiger partial charge in [-0.25, -0.2) is 4.68 Å². The van der Waals surface area contributed by atoms with Crippen LogP contribution in [0.2, 0.25) is 0 Å². The topological polar surface area (TPSA) is 64.7 Å². The molecule has 0 saturated heterocycles. The minimum absolute atomic E-state index is 0.0137. The highest BCUT2D eigenvalue weighted by molar-refractivity contribution is 5.92. The van der Waals surface area contributed by atoms with Crippen LogP contribution in [0.25, 0.3) is 0 Å². The van der Waals surface area contributed by atoms with E-state index in [-0.39, 0.29) is 5.69 Å². The first-order valence-electron chi connectivity index (χ1n) is 6.18. The number of aryl methyl sites for hydroxylation is 2. The van der Waals surface area contributed by atoms with E-state index in [0.29, 0.717) is 24.2 Å². The second-order valence-corrected chi connectivity index (χ2v) is 4.29. The lowest BCUT2D eigenvalue weighted by molar-refractivity contribution is 0.0560. The number of nitrogens with one attached hydrogen (secondary N) is 1. The van der Waals surface area contributed by atoms with Crippen LogP contribution in [0.15, 0.2) is 24.5 Å². The van der Waals surface area contributed by atoms with Crippen molar-refractivity contribution in [2.75, 3.05) is 6.54 Å². The van der Waals surface area contributed by atoms with Gasteiger partial charge in [0.25, 0.3) is 5.91 Å². The Morgan fingerprint density at radius 2 is 2.15 bits per heavy atom. The molecule has 2 aromatic heterocycles. The fourth-order valence-corrected chi connectivity index (χ4v) is 1.69. The number of carbonyl (C=O) groups is 1. The molecule has 20 heavy (non-hydrogen) atoms. The van der Waals surface area contributed by atoms with Crippen molar-refractivity contribution < 1.29 is 13.6 Å². The van der Waals surface area contributed by atoms with Crippen LogP contribution < -0.4 is 5.32 Å². The molecule has 0 saturated carbocycles. The lowest BCUT2D eigenvalue weighted by Crippen LogP contribution is -2.26. The highest BCUT2D eigenvalue weighted by Crippen LogP contribution is 2.08. The number of hydrogen-bond acceptors (Lipinski definition) is 3. The monoisotopic (exact) mass is 283 g/mol. The number of amides is 1. The molecule has 0 bridgehead atoms. The van der Waals surface area contributed by atoms with E-state index in [1.54, 1.807) is 4.68 Å².